The topological polar surface area (TPSA) is 46.2 Å². The number of rotatable bonds is 5. The van der Waals surface area contributed by atoms with E-state index in [4.69, 9.17) is 0 Å². The van der Waals surface area contributed by atoms with Gasteiger partial charge in [-0.2, -0.15) is 0 Å². The van der Waals surface area contributed by atoms with Gasteiger partial charge in [-0.3, -0.25) is 9.59 Å². The Morgan fingerprint density at radius 1 is 0.957 bits per heavy atom. The maximum Gasteiger partial charge on any atom is 0.161 e. The Balaban J connectivity index is 2.37. The van der Waals surface area contributed by atoms with Crippen LogP contribution in [-0.2, 0) is 6.54 Å². The Labute approximate surface area is 137 Å². The third kappa shape index (κ3) is 3.50. The van der Waals surface area contributed by atoms with Crippen LogP contribution in [-0.4, -0.2) is 11.6 Å². The predicted molar refractivity (Wildman–Crippen MR) is 94.4 cm³/mol. The molecular formula is C20H23NO2. The fourth-order valence-electron chi connectivity index (χ4n) is 3.17. The van der Waals surface area contributed by atoms with E-state index in [1.807, 2.05) is 38.1 Å². The van der Waals surface area contributed by atoms with Gasteiger partial charge in [0.2, 0.25) is 0 Å². The van der Waals surface area contributed by atoms with Gasteiger partial charge >= 0.3 is 0 Å². The van der Waals surface area contributed by atoms with Crippen LogP contribution in [0.5, 0.6) is 0 Å². The van der Waals surface area contributed by atoms with Gasteiger partial charge in [-0.25, -0.2) is 0 Å². The molecule has 3 heteroatoms. The van der Waals surface area contributed by atoms with Gasteiger partial charge in [-0.1, -0.05) is 18.2 Å². The molecule has 0 radical (unpaired) electrons. The summed E-state index contributed by atoms with van der Waals surface area (Å²) in [4.78, 5) is 23.6. The second-order valence-electron chi connectivity index (χ2n) is 6.00. The molecule has 0 bridgehead atoms. The van der Waals surface area contributed by atoms with Crippen LogP contribution in [0, 0.1) is 20.8 Å². The van der Waals surface area contributed by atoms with Gasteiger partial charge in [0.25, 0.3) is 0 Å². The van der Waals surface area contributed by atoms with Crippen LogP contribution in [0.1, 0.15) is 56.8 Å². The molecule has 0 atom stereocenters. The Bertz CT molecular complexity index is 775. The predicted octanol–water partition coefficient (Wildman–Crippen LogP) is 4.63. The number of Topliss-reactive ketones (excluding diaryl/α,β-unsaturated/α-hetero) is 2. The summed E-state index contributed by atoms with van der Waals surface area (Å²) >= 11 is 0. The minimum Gasteiger partial charge on any atom is -0.380 e. The fourth-order valence-corrected chi connectivity index (χ4v) is 3.17. The molecule has 0 aliphatic carbocycles. The van der Waals surface area contributed by atoms with Gasteiger partial charge in [0, 0.05) is 23.4 Å². The molecule has 0 aliphatic rings. The average Bonchev–Trinajstić information content (AvgIpc) is 2.46. The number of nitrogens with one attached hydrogen (secondary N) is 1. The number of para-hydroxylation sites is 1. The quantitative estimate of drug-likeness (QED) is 0.819. The maximum atomic E-state index is 11.9. The summed E-state index contributed by atoms with van der Waals surface area (Å²) in [6.07, 6.45) is 0. The van der Waals surface area contributed by atoms with Crippen molar-refractivity contribution in [2.24, 2.45) is 0 Å². The van der Waals surface area contributed by atoms with Gasteiger partial charge in [-0.15, -0.1) is 0 Å². The van der Waals surface area contributed by atoms with Crippen LogP contribution in [0.25, 0.3) is 0 Å². The van der Waals surface area contributed by atoms with E-state index in [2.05, 4.69) is 18.3 Å². The van der Waals surface area contributed by atoms with Crippen LogP contribution in [0.3, 0.4) is 0 Å². The van der Waals surface area contributed by atoms with Gasteiger partial charge in [-0.05, 0) is 69.0 Å². The Morgan fingerprint density at radius 2 is 1.61 bits per heavy atom. The molecule has 2 rings (SSSR count). The molecule has 0 heterocycles. The van der Waals surface area contributed by atoms with Crippen LogP contribution in [0.15, 0.2) is 30.3 Å². The molecule has 120 valence electrons. The van der Waals surface area contributed by atoms with Crippen LogP contribution < -0.4 is 5.32 Å². The molecule has 23 heavy (non-hydrogen) atoms. The van der Waals surface area contributed by atoms with Crippen LogP contribution in [0.4, 0.5) is 5.69 Å². The summed E-state index contributed by atoms with van der Waals surface area (Å²) in [5.41, 5.74) is 6.60. The lowest BCUT2D eigenvalue weighted by Crippen LogP contribution is -2.11. The number of carbonyl (C=O) groups excluding carboxylic acids is 2. The highest BCUT2D eigenvalue weighted by atomic mass is 16.1. The lowest BCUT2D eigenvalue weighted by atomic mass is 9.91. The first-order valence-electron chi connectivity index (χ1n) is 7.77. The molecule has 1 N–H and O–H groups in total. The van der Waals surface area contributed by atoms with Crippen molar-refractivity contribution in [2.75, 3.05) is 5.32 Å². The van der Waals surface area contributed by atoms with E-state index >= 15 is 0 Å². The van der Waals surface area contributed by atoms with E-state index in [1.54, 1.807) is 13.8 Å². The summed E-state index contributed by atoms with van der Waals surface area (Å²) in [6, 6.07) is 9.54. The first-order valence-corrected chi connectivity index (χ1v) is 7.77. The molecule has 0 aliphatic heterocycles. The number of hydrogen-bond acceptors (Lipinski definition) is 3. The second-order valence-corrected chi connectivity index (χ2v) is 6.00. The van der Waals surface area contributed by atoms with Crippen molar-refractivity contribution in [3.8, 4) is 0 Å². The minimum absolute atomic E-state index is 0.0369. The second kappa shape index (κ2) is 6.78. The monoisotopic (exact) mass is 309 g/mol. The third-order valence-electron chi connectivity index (χ3n) is 4.25. The van der Waals surface area contributed by atoms with E-state index in [9.17, 15) is 9.59 Å². The molecule has 2 aromatic rings. The summed E-state index contributed by atoms with van der Waals surface area (Å²) in [5, 5.41) is 3.35. The number of carbonyl (C=O) groups is 2. The number of aryl methyl sites for hydroxylation is 2. The van der Waals surface area contributed by atoms with E-state index in [0.717, 1.165) is 33.5 Å². The van der Waals surface area contributed by atoms with Crippen molar-refractivity contribution in [3.05, 3.63) is 63.7 Å². The number of ketones is 2. The molecule has 3 nitrogen and oxygen atoms in total. The Hall–Kier alpha value is -2.42. The van der Waals surface area contributed by atoms with Crippen LogP contribution >= 0.6 is 0 Å². The van der Waals surface area contributed by atoms with Crippen molar-refractivity contribution in [1.82, 2.24) is 0 Å². The van der Waals surface area contributed by atoms with Crippen LogP contribution in [0.2, 0.25) is 0 Å². The van der Waals surface area contributed by atoms with Crippen molar-refractivity contribution < 1.29 is 9.59 Å². The number of anilines is 1. The average molecular weight is 309 g/mol. The van der Waals surface area contributed by atoms with E-state index < -0.39 is 0 Å². The van der Waals surface area contributed by atoms with E-state index in [0.29, 0.717) is 12.1 Å². The lowest BCUT2D eigenvalue weighted by Gasteiger charge is -2.17. The molecule has 0 spiro atoms. The first kappa shape index (κ1) is 16.9. The zero-order valence-electron chi connectivity index (χ0n) is 14.4. The summed E-state index contributed by atoms with van der Waals surface area (Å²) in [7, 11) is 0. The minimum atomic E-state index is 0.0369. The largest absolute Gasteiger partial charge is 0.380 e. The fraction of sp³-hybridized carbons (Fsp3) is 0.300. The molecule has 0 amide bonds. The zero-order valence-corrected chi connectivity index (χ0v) is 14.4. The zero-order chi connectivity index (χ0) is 17.1. The summed E-state index contributed by atoms with van der Waals surface area (Å²) in [6.45, 7) is 9.77. The normalized spacial score (nSPS) is 10.5. The standard InChI is InChI=1S/C20H23NO2/c1-12-10-13(2)20(16(5)23)14(3)18(12)11-21-19-9-7-6-8-17(19)15(4)22/h6-10,21H,11H2,1-5H3. The van der Waals surface area contributed by atoms with E-state index in [-0.39, 0.29) is 11.6 Å². The van der Waals surface area contributed by atoms with Gasteiger partial charge < -0.3 is 5.32 Å². The molecule has 0 saturated carbocycles. The van der Waals surface area contributed by atoms with E-state index in [1.165, 1.54) is 0 Å². The van der Waals surface area contributed by atoms with Crippen molar-refractivity contribution in [2.45, 2.75) is 41.2 Å². The molecule has 0 aromatic heterocycles. The van der Waals surface area contributed by atoms with Crippen molar-refractivity contribution >= 4 is 17.3 Å². The first-order chi connectivity index (χ1) is 10.8. The highest BCUT2D eigenvalue weighted by Gasteiger charge is 2.14. The molecule has 0 fully saturated rings. The highest BCUT2D eigenvalue weighted by Crippen LogP contribution is 2.24. The number of benzene rings is 2. The lowest BCUT2D eigenvalue weighted by molar-refractivity contribution is 0.100. The molecule has 0 saturated heterocycles. The van der Waals surface area contributed by atoms with Crippen molar-refractivity contribution in [1.29, 1.82) is 0 Å². The van der Waals surface area contributed by atoms with Gasteiger partial charge in [0.1, 0.15) is 0 Å². The maximum absolute atomic E-state index is 11.9. The summed E-state index contributed by atoms with van der Waals surface area (Å²) < 4.78 is 0. The Morgan fingerprint density at radius 3 is 2.22 bits per heavy atom. The smallest absolute Gasteiger partial charge is 0.161 e. The SMILES string of the molecule is CC(=O)c1ccccc1NCc1c(C)cc(C)c(C(C)=O)c1C. The molecule has 2 aromatic carbocycles. The Kier molecular flexibility index (Phi) is 4.99. The molecular weight excluding hydrogens is 286 g/mol. The molecule has 0 unspecified atom stereocenters. The highest BCUT2D eigenvalue weighted by molar-refractivity contribution is 5.99. The van der Waals surface area contributed by atoms with Crippen molar-refractivity contribution in [3.63, 3.8) is 0 Å². The summed E-state index contributed by atoms with van der Waals surface area (Å²) in [5.74, 6) is 0.125. The van der Waals surface area contributed by atoms with Gasteiger partial charge in [0.15, 0.2) is 11.6 Å². The third-order valence-corrected chi connectivity index (χ3v) is 4.25. The van der Waals surface area contributed by atoms with Gasteiger partial charge in [0.05, 0.1) is 0 Å². The number of hydrogen-bond donors (Lipinski definition) is 1.